The van der Waals surface area contributed by atoms with E-state index in [1.807, 2.05) is 0 Å². The molecule has 0 unspecified atom stereocenters. The van der Waals surface area contributed by atoms with Gasteiger partial charge < -0.3 is 0 Å². The van der Waals surface area contributed by atoms with E-state index in [0.29, 0.717) is 0 Å². The molecule has 0 heterocycles. The van der Waals surface area contributed by atoms with Crippen LogP contribution in [0.1, 0.15) is 0 Å². The van der Waals surface area contributed by atoms with Gasteiger partial charge in [0, 0.05) is 0 Å². The lowest BCUT2D eigenvalue weighted by Gasteiger charge is -2.56. The lowest BCUT2D eigenvalue weighted by atomic mass is 10.0. The van der Waals surface area contributed by atoms with Gasteiger partial charge in [0.15, 0.2) is 30.3 Å². The molecule has 0 aromatic rings. The molecule has 0 aliphatic carbocycles. The minimum atomic E-state index is -3.29. The Kier molecular flexibility index (Phi) is 18.5. The van der Waals surface area contributed by atoms with Crippen molar-refractivity contribution in [2.45, 2.75) is 46.6 Å². The van der Waals surface area contributed by atoms with E-state index >= 15 is 0 Å². The van der Waals surface area contributed by atoms with Crippen LogP contribution in [-0.2, 0) is 11.0 Å². The van der Waals surface area contributed by atoms with Crippen LogP contribution in [0.4, 0.5) is 0 Å². The maximum absolute atomic E-state index is 8.59. The molecule has 0 saturated heterocycles. The summed E-state index contributed by atoms with van der Waals surface area (Å²) in [6.45, 7) is 0. The molecular weight excluding hydrogens is 1060 g/mol. The van der Waals surface area contributed by atoms with E-state index < -0.39 is 57.6 Å². The second-order valence-corrected chi connectivity index (χ2v) is 23.4. The topological polar surface area (TPSA) is 54.4 Å². The molecule has 28 heteroatoms. The van der Waals surface area contributed by atoms with Crippen LogP contribution in [0.3, 0.4) is 0 Å². The summed E-state index contributed by atoms with van der Waals surface area (Å²) in [5.74, 6) is 0. The predicted octanol–water partition coefficient (Wildman–Crippen LogP) is 13.4. The van der Waals surface area contributed by atoms with Crippen LogP contribution in [0, 0.1) is 0 Å². The summed E-state index contributed by atoms with van der Waals surface area (Å²) in [5.41, 5.74) is 0. The van der Waals surface area contributed by atoms with E-state index in [2.05, 4.69) is 0 Å². The van der Waals surface area contributed by atoms with Gasteiger partial charge in [-0.05, 0) is 0 Å². The van der Waals surface area contributed by atoms with Crippen LogP contribution in [0.5, 0.6) is 0 Å². The van der Waals surface area contributed by atoms with Crippen molar-refractivity contribution in [2.24, 2.45) is 0 Å². The highest BCUT2D eigenvalue weighted by atomic mass is 35.6. The fraction of sp³-hybridized carbons (Fsp3) is 1.00. The SMILES string of the molecule is ClC(Cl)(Cl)C(Cl)(Cl)C(Cl)(Cl)C(Cl)(Cl)C(Cl)(Cl)C(Cl)(Cl)C(Cl)(Cl)C(Cl)(Cl)C(Cl)(Cl)C(Cl)(Cl)C(Cl)(Cl)Cl.O=[SH](=O)O. The first kappa shape index (κ1) is 48.0. The van der Waals surface area contributed by atoms with Gasteiger partial charge in [0.1, 0.15) is 0 Å². The highest BCUT2D eigenvalue weighted by Crippen LogP contribution is 2.75. The third-order valence-electron chi connectivity index (χ3n) is 3.87. The zero-order chi connectivity index (χ0) is 33.1. The minimum absolute atomic E-state index is 2.72. The number of hydrogen-bond acceptors (Lipinski definition) is 2. The van der Waals surface area contributed by atoms with Crippen molar-refractivity contribution in [1.82, 2.24) is 0 Å². The number of thiol groups is 1. The molecule has 0 amide bonds. The predicted molar refractivity (Wildman–Crippen MR) is 183 cm³/mol. The Bertz CT molecular complexity index is 866. The highest BCUT2D eigenvalue weighted by Gasteiger charge is 2.84. The number of halogens is 24. The van der Waals surface area contributed by atoms with E-state index in [1.54, 1.807) is 0 Å². The summed E-state index contributed by atoms with van der Waals surface area (Å²) in [5, 5.41) is 0. The Morgan fingerprint density at radius 2 is 0.359 bits per heavy atom. The number of hydrogen-bond donors (Lipinski definition) is 2. The van der Waals surface area contributed by atoms with Gasteiger partial charge in [0.2, 0.25) is 16.3 Å². The molecule has 238 valence electrons. The third kappa shape index (κ3) is 8.79. The zero-order valence-corrected chi connectivity index (χ0v) is 35.3. The average molecular weight is 1070 g/mol. The third-order valence-corrected chi connectivity index (χ3v) is 20.0. The van der Waals surface area contributed by atoms with Crippen molar-refractivity contribution in [3.63, 3.8) is 0 Å². The summed E-state index contributed by atoms with van der Waals surface area (Å²) in [6.07, 6.45) is 0. The van der Waals surface area contributed by atoms with Crippen LogP contribution in [0.2, 0.25) is 0 Å². The highest BCUT2D eigenvalue weighted by molar-refractivity contribution is 7.66. The minimum Gasteiger partial charge on any atom is -0.288 e. The Morgan fingerprint density at radius 1 is 0.282 bits per heavy atom. The molecule has 39 heavy (non-hydrogen) atoms. The second kappa shape index (κ2) is 15.0. The largest absolute Gasteiger partial charge is 0.288 e. The molecule has 1 N–H and O–H groups in total. The lowest BCUT2D eigenvalue weighted by molar-refractivity contribution is 0.427. The van der Waals surface area contributed by atoms with E-state index in [1.165, 1.54) is 0 Å². The van der Waals surface area contributed by atoms with Crippen molar-refractivity contribution >= 4 is 289 Å². The van der Waals surface area contributed by atoms with Crippen molar-refractivity contribution in [1.29, 1.82) is 0 Å². The van der Waals surface area contributed by atoms with Crippen molar-refractivity contribution < 1.29 is 13.0 Å². The molecule has 0 rings (SSSR count). The second-order valence-electron chi connectivity index (χ2n) is 6.40. The fourth-order valence-electron chi connectivity index (χ4n) is 1.74. The van der Waals surface area contributed by atoms with Crippen molar-refractivity contribution in [2.75, 3.05) is 0 Å². The van der Waals surface area contributed by atoms with Gasteiger partial charge in [-0.25, -0.2) is 8.42 Å². The monoisotopic (exact) mass is 1050 g/mol. The standard InChI is InChI=1S/C11Cl24.H2O3S/c12-1(13,2(14,15)4(18,19)6(22,23)8(26,27)10(30,31)32)3(16,17)5(20,21)7(24,25)9(28,29)11(33,34)35;1-4(2)3/h;4H,(H,1,2,3). The molecule has 0 radical (unpaired) electrons. The van der Waals surface area contributed by atoms with Gasteiger partial charge >= 0.3 is 0 Å². The van der Waals surface area contributed by atoms with Crippen LogP contribution in [0.15, 0.2) is 0 Å². The first-order valence-corrected chi connectivity index (χ1v) is 17.8. The van der Waals surface area contributed by atoms with Gasteiger partial charge in [-0.2, -0.15) is 0 Å². The average Bonchev–Trinajstić information content (AvgIpc) is 2.64. The smallest absolute Gasteiger partial charge is 0.254 e. The Labute approximate surface area is 343 Å². The van der Waals surface area contributed by atoms with E-state index in [-0.39, 0.29) is 0 Å². The van der Waals surface area contributed by atoms with Gasteiger partial charge in [0.25, 0.3) is 11.0 Å². The summed E-state index contributed by atoms with van der Waals surface area (Å²) in [7, 11) is -3.12. The molecular formula is C11H2Cl24O3S. The molecule has 0 aliphatic heterocycles. The Morgan fingerprint density at radius 3 is 0.436 bits per heavy atom. The van der Waals surface area contributed by atoms with E-state index in [9.17, 15) is 0 Å². The summed E-state index contributed by atoms with van der Waals surface area (Å²) in [6, 6.07) is 0. The zero-order valence-electron chi connectivity index (χ0n) is 16.3. The van der Waals surface area contributed by atoms with Gasteiger partial charge in [-0.3, -0.25) is 4.55 Å². The van der Waals surface area contributed by atoms with Crippen molar-refractivity contribution in [3.05, 3.63) is 0 Å². The van der Waals surface area contributed by atoms with Crippen LogP contribution in [-0.4, -0.2) is 59.6 Å². The fourth-order valence-corrected chi connectivity index (χ4v) is 9.06. The Hall–Kier alpha value is 6.87. The molecule has 0 atom stereocenters. The summed E-state index contributed by atoms with van der Waals surface area (Å²) in [4.78, 5) is 0. The lowest BCUT2D eigenvalue weighted by Crippen LogP contribution is -2.73. The maximum Gasteiger partial charge on any atom is 0.254 e. The molecule has 0 saturated carbocycles. The van der Waals surface area contributed by atoms with Crippen LogP contribution < -0.4 is 0 Å². The number of alkyl halides is 24. The van der Waals surface area contributed by atoms with Crippen LogP contribution in [0.25, 0.3) is 0 Å². The Balaban J connectivity index is 0. The molecule has 0 aromatic heterocycles. The number of rotatable bonds is 8. The molecule has 3 nitrogen and oxygen atoms in total. The normalized spacial score (nSPS) is 16.3. The summed E-state index contributed by atoms with van der Waals surface area (Å²) >= 11 is 146. The molecule has 0 aliphatic rings. The quantitative estimate of drug-likeness (QED) is 0.145. The first-order valence-electron chi connectivity index (χ1n) is 7.60. The van der Waals surface area contributed by atoms with E-state index in [0.717, 1.165) is 0 Å². The molecule has 0 aromatic carbocycles. The van der Waals surface area contributed by atoms with E-state index in [4.69, 9.17) is 291 Å². The molecule has 0 spiro atoms. The molecule has 0 fully saturated rings. The van der Waals surface area contributed by atoms with Crippen molar-refractivity contribution in [3.8, 4) is 0 Å². The van der Waals surface area contributed by atoms with Gasteiger partial charge in [-0.1, -0.05) is 278 Å². The summed E-state index contributed by atoms with van der Waals surface area (Å²) < 4.78 is -9.54. The van der Waals surface area contributed by atoms with Gasteiger partial charge in [-0.15, -0.1) is 0 Å². The van der Waals surface area contributed by atoms with Gasteiger partial charge in [0.05, 0.1) is 0 Å². The van der Waals surface area contributed by atoms with Crippen LogP contribution >= 0.6 is 278 Å². The first-order chi connectivity index (χ1) is 16.2. The molecule has 0 bridgehead atoms. The maximum atomic E-state index is 8.59.